The first-order valence-corrected chi connectivity index (χ1v) is 13.1. The van der Waals surface area contributed by atoms with E-state index in [4.69, 9.17) is 16.5 Å². The third kappa shape index (κ3) is 4.71. The van der Waals surface area contributed by atoms with Gasteiger partial charge in [-0.05, 0) is 46.5 Å². The maximum atomic E-state index is 13.4. The van der Waals surface area contributed by atoms with E-state index in [1.54, 1.807) is 41.7 Å². The molecule has 1 atom stereocenters. The molecule has 7 rings (SSSR count). The van der Waals surface area contributed by atoms with Gasteiger partial charge in [-0.3, -0.25) is 24.5 Å². The highest BCUT2D eigenvalue weighted by molar-refractivity contribution is 6.00. The minimum absolute atomic E-state index is 0.150. The van der Waals surface area contributed by atoms with Gasteiger partial charge in [-0.1, -0.05) is 42.5 Å². The number of hydrogen-bond donors (Lipinski definition) is 3. The highest BCUT2D eigenvalue weighted by Crippen LogP contribution is 2.50. The lowest BCUT2D eigenvalue weighted by Gasteiger charge is -2.27. The van der Waals surface area contributed by atoms with Crippen LogP contribution in [0, 0.1) is 0 Å². The van der Waals surface area contributed by atoms with Crippen LogP contribution in [-0.4, -0.2) is 48.7 Å². The lowest BCUT2D eigenvalue weighted by Crippen LogP contribution is -2.31. The molecule has 0 aliphatic heterocycles. The number of rotatable bonds is 4. The maximum Gasteiger partial charge on any atom is 0.256 e. The molecule has 2 aromatic carbocycles. The lowest BCUT2D eigenvalue weighted by atomic mass is 9.98. The lowest BCUT2D eigenvalue weighted by molar-refractivity contribution is 0.0758. The summed E-state index contributed by atoms with van der Waals surface area (Å²) in [5.74, 6) is 0.206. The second-order valence-electron chi connectivity index (χ2n) is 9.72. The molecule has 2 amide bonds. The summed E-state index contributed by atoms with van der Waals surface area (Å²) >= 11 is 0. The number of pyridine rings is 3. The zero-order chi connectivity index (χ0) is 29.2. The summed E-state index contributed by atoms with van der Waals surface area (Å²) in [7, 11) is 1.82. The molecule has 4 aromatic heterocycles. The Kier molecular flexibility index (Phi) is 6.85. The summed E-state index contributed by atoms with van der Waals surface area (Å²) in [6, 6.07) is 20.8. The van der Waals surface area contributed by atoms with Crippen LogP contribution < -0.4 is 11.5 Å². The van der Waals surface area contributed by atoms with Crippen LogP contribution in [0.4, 0.5) is 5.69 Å². The number of aromatic nitrogens is 5. The van der Waals surface area contributed by atoms with E-state index in [2.05, 4.69) is 44.2 Å². The van der Waals surface area contributed by atoms with Crippen molar-refractivity contribution < 1.29 is 9.59 Å². The molecule has 0 bridgehead atoms. The molecular weight excluding hydrogens is 528 g/mol. The van der Waals surface area contributed by atoms with Gasteiger partial charge in [-0.25, -0.2) is 4.98 Å². The predicted octanol–water partition coefficient (Wildman–Crippen LogP) is 4.62. The van der Waals surface area contributed by atoms with E-state index < -0.39 is 5.91 Å². The van der Waals surface area contributed by atoms with E-state index in [9.17, 15) is 9.59 Å². The van der Waals surface area contributed by atoms with Gasteiger partial charge in [0.05, 0.1) is 40.7 Å². The average molecular weight is 555 g/mol. The van der Waals surface area contributed by atoms with Crippen LogP contribution in [0.25, 0.3) is 33.5 Å². The van der Waals surface area contributed by atoms with Gasteiger partial charge in [0, 0.05) is 43.0 Å². The Balaban J connectivity index is 0.000000302. The van der Waals surface area contributed by atoms with Gasteiger partial charge in [0.1, 0.15) is 5.82 Å². The molecule has 206 valence electrons. The monoisotopic (exact) mass is 554 g/mol. The first-order valence-electron chi connectivity index (χ1n) is 13.1. The van der Waals surface area contributed by atoms with E-state index in [0.29, 0.717) is 16.8 Å². The summed E-state index contributed by atoms with van der Waals surface area (Å²) in [5, 5.41) is 0. The van der Waals surface area contributed by atoms with Gasteiger partial charge in [0.2, 0.25) is 5.91 Å². The Morgan fingerprint density at radius 1 is 0.810 bits per heavy atom. The fourth-order valence-corrected chi connectivity index (χ4v) is 5.25. The number of hydrogen-bond acceptors (Lipinski definition) is 7. The smallest absolute Gasteiger partial charge is 0.256 e. The number of fused-ring (bicyclic) bond motifs is 4. The molecule has 5 N–H and O–H groups in total. The molecule has 6 aromatic rings. The highest BCUT2D eigenvalue weighted by atomic mass is 16.2. The fourth-order valence-electron chi connectivity index (χ4n) is 5.25. The van der Waals surface area contributed by atoms with Crippen molar-refractivity contribution in [3.63, 3.8) is 0 Å². The quantitative estimate of drug-likeness (QED) is 0.287. The summed E-state index contributed by atoms with van der Waals surface area (Å²) in [5.41, 5.74) is 19.3. The number of benzene rings is 2. The van der Waals surface area contributed by atoms with E-state index in [1.807, 2.05) is 31.3 Å². The van der Waals surface area contributed by atoms with Crippen molar-refractivity contribution >= 4 is 28.5 Å². The highest BCUT2D eigenvalue weighted by Gasteiger charge is 2.36. The molecule has 0 fully saturated rings. The van der Waals surface area contributed by atoms with Crippen LogP contribution in [-0.2, 0) is 0 Å². The number of anilines is 1. The van der Waals surface area contributed by atoms with Gasteiger partial charge in [-0.15, -0.1) is 0 Å². The standard InChI is InChI=1S/C26H20N6O.C6H6N2O/c1-32(26(33)17-9-11-28-13-20(17)27)24-16-6-3-2-5-15(16)23-18(24)7-4-8-19(23)25-30-21-10-12-29-14-22(21)31-25;7-6(9)5-1-3-8-4-2-5/h2-14,24H,27H2,1H3,(H,30,31);1-4H,(H2,7,9). The SMILES string of the molecule is CN(C(=O)c1ccncc1N)C1c2ccccc2-c2c(-c3nc4ccncc4[nH]3)cccc21.NC(=O)c1ccncc1. The first-order chi connectivity index (χ1) is 20.4. The number of carbonyl (C=O) groups excluding carboxylic acids is 2. The van der Waals surface area contributed by atoms with Crippen molar-refractivity contribution in [2.75, 3.05) is 12.8 Å². The largest absolute Gasteiger partial charge is 0.397 e. The summed E-state index contributed by atoms with van der Waals surface area (Å²) in [4.78, 5) is 45.7. The van der Waals surface area contributed by atoms with Crippen LogP contribution in [0.3, 0.4) is 0 Å². The van der Waals surface area contributed by atoms with Crippen LogP contribution in [0.2, 0.25) is 0 Å². The number of nitrogen functional groups attached to an aromatic ring is 1. The maximum absolute atomic E-state index is 13.4. The molecule has 10 nitrogen and oxygen atoms in total. The molecule has 4 heterocycles. The van der Waals surface area contributed by atoms with Crippen molar-refractivity contribution in [2.24, 2.45) is 5.73 Å². The number of primary amides is 1. The minimum atomic E-state index is -0.419. The molecule has 0 radical (unpaired) electrons. The second kappa shape index (κ2) is 10.9. The molecule has 0 saturated carbocycles. The molecule has 0 spiro atoms. The Morgan fingerprint density at radius 2 is 1.50 bits per heavy atom. The van der Waals surface area contributed by atoms with Gasteiger partial charge < -0.3 is 21.4 Å². The van der Waals surface area contributed by atoms with Crippen molar-refractivity contribution in [3.8, 4) is 22.5 Å². The summed E-state index contributed by atoms with van der Waals surface area (Å²) < 4.78 is 0. The number of nitrogens with two attached hydrogens (primary N) is 2. The van der Waals surface area contributed by atoms with Crippen LogP contribution >= 0.6 is 0 Å². The van der Waals surface area contributed by atoms with Crippen LogP contribution in [0.1, 0.15) is 37.9 Å². The predicted molar refractivity (Wildman–Crippen MR) is 160 cm³/mol. The molecule has 1 unspecified atom stereocenters. The van der Waals surface area contributed by atoms with Gasteiger partial charge in [0.25, 0.3) is 5.91 Å². The Bertz CT molecular complexity index is 1900. The number of amides is 2. The zero-order valence-corrected chi connectivity index (χ0v) is 22.6. The van der Waals surface area contributed by atoms with Crippen molar-refractivity contribution in [1.29, 1.82) is 0 Å². The Morgan fingerprint density at radius 3 is 2.24 bits per heavy atom. The normalized spacial score (nSPS) is 13.0. The number of carbonyl (C=O) groups is 2. The van der Waals surface area contributed by atoms with Gasteiger partial charge >= 0.3 is 0 Å². The van der Waals surface area contributed by atoms with Crippen molar-refractivity contribution in [2.45, 2.75) is 6.04 Å². The first kappa shape index (κ1) is 26.3. The third-order valence-electron chi connectivity index (χ3n) is 7.21. The fraction of sp³-hybridized carbons (Fsp3) is 0.0625. The number of H-pyrrole nitrogens is 1. The number of aromatic amines is 1. The van der Waals surface area contributed by atoms with E-state index >= 15 is 0 Å². The zero-order valence-electron chi connectivity index (χ0n) is 22.6. The molecule has 1 aliphatic carbocycles. The molecule has 1 aliphatic rings. The van der Waals surface area contributed by atoms with Crippen molar-refractivity contribution in [3.05, 3.63) is 126 Å². The topological polar surface area (TPSA) is 157 Å². The minimum Gasteiger partial charge on any atom is -0.397 e. The average Bonchev–Trinajstić information content (AvgIpc) is 3.61. The molecule has 42 heavy (non-hydrogen) atoms. The summed E-state index contributed by atoms with van der Waals surface area (Å²) in [6.07, 6.45) is 9.66. The van der Waals surface area contributed by atoms with E-state index in [1.165, 1.54) is 18.6 Å². The van der Waals surface area contributed by atoms with Gasteiger partial charge in [0.15, 0.2) is 0 Å². The van der Waals surface area contributed by atoms with Crippen LogP contribution in [0.15, 0.2) is 104 Å². The third-order valence-corrected chi connectivity index (χ3v) is 7.21. The Hall–Kier alpha value is -5.90. The van der Waals surface area contributed by atoms with Gasteiger partial charge in [-0.2, -0.15) is 0 Å². The summed E-state index contributed by atoms with van der Waals surface area (Å²) in [6.45, 7) is 0. The second-order valence-corrected chi connectivity index (χ2v) is 9.72. The van der Waals surface area contributed by atoms with E-state index in [-0.39, 0.29) is 11.9 Å². The molecule has 0 saturated heterocycles. The van der Waals surface area contributed by atoms with E-state index in [0.717, 1.165) is 44.7 Å². The van der Waals surface area contributed by atoms with Crippen LogP contribution in [0.5, 0.6) is 0 Å². The molecular formula is C32H26N8O2. The number of nitrogens with one attached hydrogen (secondary N) is 1. The Labute approximate surface area is 241 Å². The number of nitrogens with zero attached hydrogens (tertiary/aromatic N) is 5. The number of imidazole rings is 1. The molecule has 10 heteroatoms. The van der Waals surface area contributed by atoms with Crippen molar-refractivity contribution in [1.82, 2.24) is 29.8 Å².